The monoisotopic (exact) mass is 345 g/mol. The molecule has 0 atom stereocenters. The third-order valence-electron chi connectivity index (χ3n) is 5.20. The van der Waals surface area contributed by atoms with E-state index in [-0.39, 0.29) is 23.7 Å². The largest absolute Gasteiger partial charge is 0.396 e. The molecule has 1 aliphatic rings. The number of aliphatic hydroxyl groups is 1. The Kier molecular flexibility index (Phi) is 5.48. The van der Waals surface area contributed by atoms with Gasteiger partial charge in [-0.1, -0.05) is 19.3 Å². The zero-order valence-electron chi connectivity index (χ0n) is 14.2. The van der Waals surface area contributed by atoms with Gasteiger partial charge in [-0.15, -0.1) is 0 Å². The van der Waals surface area contributed by atoms with Crippen molar-refractivity contribution in [2.75, 3.05) is 13.2 Å². The first kappa shape index (κ1) is 17.6. The summed E-state index contributed by atoms with van der Waals surface area (Å²) in [6, 6.07) is 5.95. The molecule has 2 aromatic rings. The van der Waals surface area contributed by atoms with Crippen molar-refractivity contribution in [2.45, 2.75) is 38.5 Å². The maximum atomic E-state index is 13.1. The quantitative estimate of drug-likeness (QED) is 0.752. The van der Waals surface area contributed by atoms with Crippen molar-refractivity contribution in [2.24, 2.45) is 5.41 Å². The summed E-state index contributed by atoms with van der Waals surface area (Å²) in [5.74, 6) is -0.520. The van der Waals surface area contributed by atoms with Gasteiger partial charge in [0, 0.05) is 18.7 Å². The smallest absolute Gasteiger partial charge is 0.255 e. The Labute approximate surface area is 146 Å². The van der Waals surface area contributed by atoms with Gasteiger partial charge >= 0.3 is 0 Å². The molecule has 1 amide bonds. The predicted octanol–water partition coefficient (Wildman–Crippen LogP) is 3.28. The Morgan fingerprint density at radius 1 is 1.24 bits per heavy atom. The summed E-state index contributed by atoms with van der Waals surface area (Å²) < 4.78 is 13.1. The molecule has 3 N–H and O–H groups in total. The molecule has 0 aliphatic heterocycles. The zero-order chi connectivity index (χ0) is 17.7. The molecular formula is C19H24FN3O2. The van der Waals surface area contributed by atoms with E-state index in [4.69, 9.17) is 0 Å². The average Bonchev–Trinajstić information content (AvgIpc) is 3.11. The number of hydrogen-bond acceptors (Lipinski definition) is 3. The van der Waals surface area contributed by atoms with Gasteiger partial charge in [-0.25, -0.2) is 4.39 Å². The van der Waals surface area contributed by atoms with Gasteiger partial charge in [0.1, 0.15) is 5.82 Å². The van der Waals surface area contributed by atoms with Gasteiger partial charge in [-0.3, -0.25) is 9.89 Å². The van der Waals surface area contributed by atoms with E-state index in [1.54, 1.807) is 12.1 Å². The summed E-state index contributed by atoms with van der Waals surface area (Å²) in [6.07, 6.45) is 7.77. The number of nitrogens with one attached hydrogen (secondary N) is 2. The number of benzene rings is 1. The Hall–Kier alpha value is -2.21. The molecule has 0 radical (unpaired) electrons. The van der Waals surface area contributed by atoms with Crippen molar-refractivity contribution < 1.29 is 14.3 Å². The van der Waals surface area contributed by atoms with Crippen LogP contribution in [0.1, 0.15) is 48.9 Å². The molecule has 1 aromatic carbocycles. The number of nitrogens with zero attached hydrogens (tertiary/aromatic N) is 1. The molecule has 1 heterocycles. The number of carbonyl (C=O) groups excluding carboxylic acids is 1. The summed E-state index contributed by atoms with van der Waals surface area (Å²) >= 11 is 0. The number of H-pyrrole nitrogens is 1. The van der Waals surface area contributed by atoms with Crippen molar-refractivity contribution in [1.29, 1.82) is 0 Å². The van der Waals surface area contributed by atoms with E-state index in [2.05, 4.69) is 15.5 Å². The lowest BCUT2D eigenvalue weighted by Crippen LogP contribution is -2.39. The Morgan fingerprint density at radius 2 is 1.96 bits per heavy atom. The minimum Gasteiger partial charge on any atom is -0.396 e. The van der Waals surface area contributed by atoms with Gasteiger partial charge in [0.25, 0.3) is 5.91 Å². The number of aromatic nitrogens is 2. The highest BCUT2D eigenvalue weighted by Gasteiger charge is 2.32. The highest BCUT2D eigenvalue weighted by atomic mass is 19.1. The molecule has 0 bridgehead atoms. The molecular weight excluding hydrogens is 321 g/mol. The number of carbonyl (C=O) groups is 1. The lowest BCUT2D eigenvalue weighted by molar-refractivity contribution is 0.0869. The van der Waals surface area contributed by atoms with Crippen molar-refractivity contribution in [3.63, 3.8) is 0 Å². The van der Waals surface area contributed by atoms with Crippen LogP contribution in [0.25, 0.3) is 11.3 Å². The first-order valence-corrected chi connectivity index (χ1v) is 8.82. The molecule has 6 heteroatoms. The molecule has 0 unspecified atom stereocenters. The maximum absolute atomic E-state index is 13.1. The fraction of sp³-hybridized carbons (Fsp3) is 0.474. The molecule has 134 valence electrons. The highest BCUT2D eigenvalue weighted by Crippen LogP contribution is 2.38. The number of rotatable bonds is 6. The molecule has 25 heavy (non-hydrogen) atoms. The second-order valence-corrected chi connectivity index (χ2v) is 6.88. The molecule has 0 saturated heterocycles. The first-order chi connectivity index (χ1) is 12.1. The molecule has 5 nitrogen and oxygen atoms in total. The second-order valence-electron chi connectivity index (χ2n) is 6.88. The second kappa shape index (κ2) is 7.78. The molecule has 1 aromatic heterocycles. The van der Waals surface area contributed by atoms with Crippen LogP contribution >= 0.6 is 0 Å². The first-order valence-electron chi connectivity index (χ1n) is 8.82. The van der Waals surface area contributed by atoms with E-state index in [0.29, 0.717) is 29.8 Å². The lowest BCUT2D eigenvalue weighted by atomic mass is 9.72. The average molecular weight is 345 g/mol. The third-order valence-corrected chi connectivity index (χ3v) is 5.20. The van der Waals surface area contributed by atoms with Crippen molar-refractivity contribution in [3.8, 4) is 11.3 Å². The van der Waals surface area contributed by atoms with Gasteiger partial charge in [0.2, 0.25) is 0 Å². The number of halogens is 1. The SMILES string of the molecule is O=C(NCC1(CCO)CCCCC1)c1cn[nH]c1-c1ccc(F)cc1. The predicted molar refractivity (Wildman–Crippen MR) is 93.5 cm³/mol. The van der Waals surface area contributed by atoms with E-state index in [1.807, 2.05) is 0 Å². The van der Waals surface area contributed by atoms with Gasteiger partial charge in [0.15, 0.2) is 0 Å². The fourth-order valence-electron chi connectivity index (χ4n) is 3.71. The third kappa shape index (κ3) is 4.07. The maximum Gasteiger partial charge on any atom is 0.255 e. The Balaban J connectivity index is 1.71. The summed E-state index contributed by atoms with van der Waals surface area (Å²) in [7, 11) is 0. The summed E-state index contributed by atoms with van der Waals surface area (Å²) in [5, 5.41) is 19.2. The van der Waals surface area contributed by atoms with Crippen LogP contribution < -0.4 is 5.32 Å². The van der Waals surface area contributed by atoms with Crippen LogP contribution in [0.15, 0.2) is 30.5 Å². The normalized spacial score (nSPS) is 16.6. The van der Waals surface area contributed by atoms with Crippen molar-refractivity contribution >= 4 is 5.91 Å². The van der Waals surface area contributed by atoms with E-state index in [1.165, 1.54) is 24.8 Å². The van der Waals surface area contributed by atoms with Gasteiger partial charge in [0.05, 0.1) is 17.5 Å². The van der Waals surface area contributed by atoms with Gasteiger partial charge in [-0.2, -0.15) is 5.10 Å². The summed E-state index contributed by atoms with van der Waals surface area (Å²) in [5.41, 5.74) is 1.73. The number of hydrogen-bond donors (Lipinski definition) is 3. The fourth-order valence-corrected chi connectivity index (χ4v) is 3.71. The molecule has 3 rings (SSSR count). The molecule has 1 fully saturated rings. The van der Waals surface area contributed by atoms with E-state index < -0.39 is 0 Å². The van der Waals surface area contributed by atoms with Crippen molar-refractivity contribution in [3.05, 3.63) is 41.8 Å². The van der Waals surface area contributed by atoms with Crippen LogP contribution in [0.5, 0.6) is 0 Å². The molecule has 0 spiro atoms. The standard InChI is InChI=1S/C19H24FN3O2/c20-15-6-4-14(5-7-15)17-16(12-22-23-17)18(25)21-13-19(10-11-24)8-2-1-3-9-19/h4-7,12,24H,1-3,8-11,13H2,(H,21,25)(H,22,23). The molecule has 1 aliphatic carbocycles. The highest BCUT2D eigenvalue weighted by molar-refractivity contribution is 5.99. The van der Waals surface area contributed by atoms with Crippen LogP contribution in [0.4, 0.5) is 4.39 Å². The lowest BCUT2D eigenvalue weighted by Gasteiger charge is -2.37. The van der Waals surface area contributed by atoms with Gasteiger partial charge in [-0.05, 0) is 48.9 Å². The van der Waals surface area contributed by atoms with Crippen LogP contribution in [0.2, 0.25) is 0 Å². The number of aromatic amines is 1. The van der Waals surface area contributed by atoms with Crippen molar-refractivity contribution in [1.82, 2.24) is 15.5 Å². The van der Waals surface area contributed by atoms with Gasteiger partial charge < -0.3 is 10.4 Å². The van der Waals surface area contributed by atoms with E-state index >= 15 is 0 Å². The minimum atomic E-state index is -0.322. The molecule has 1 saturated carbocycles. The van der Waals surface area contributed by atoms with Crippen LogP contribution in [-0.4, -0.2) is 34.4 Å². The summed E-state index contributed by atoms with van der Waals surface area (Å²) in [6.45, 7) is 0.697. The minimum absolute atomic E-state index is 0.0115. The topological polar surface area (TPSA) is 78.0 Å². The number of aliphatic hydroxyl groups excluding tert-OH is 1. The summed E-state index contributed by atoms with van der Waals surface area (Å²) in [4.78, 5) is 12.6. The Morgan fingerprint density at radius 3 is 2.64 bits per heavy atom. The van der Waals surface area contributed by atoms with E-state index in [0.717, 1.165) is 25.7 Å². The zero-order valence-corrected chi connectivity index (χ0v) is 14.2. The van der Waals surface area contributed by atoms with Crippen LogP contribution in [0, 0.1) is 11.2 Å². The van der Waals surface area contributed by atoms with Crippen LogP contribution in [0.3, 0.4) is 0 Å². The van der Waals surface area contributed by atoms with Crippen LogP contribution in [-0.2, 0) is 0 Å². The number of amides is 1. The Bertz CT molecular complexity index is 700. The van der Waals surface area contributed by atoms with E-state index in [9.17, 15) is 14.3 Å².